The van der Waals surface area contributed by atoms with Gasteiger partial charge in [-0.15, -0.1) is 17.7 Å². The second-order valence-corrected chi connectivity index (χ2v) is 16.6. The minimum atomic E-state index is -1.19. The standard InChI is InChI=1S/C37H40OP.C8H12.2CH3.Ir/c1-26(2)31-23-22-27(3)24-35(31)38-36-25-28-14-10-11-19-32(28)37(34-21-13-12-20-33(34)36)39(29-15-6-4-7-16-29)30-17-8-5-9-18-30;1-2-4-6-8-7-5-3-1;;;/h4-10,12-18,20-21,26-27,31,35,37H,11,19,22-24H2,1-3H3;1-2,7-8H,3-6H2;2*1H3;/q-1;;2*-1;+3/p+1/b;2-1-,8-7?;;;. The molecule has 1 nitrogen and oxygen atoms in total. The van der Waals surface area contributed by atoms with Crippen molar-refractivity contribution in [3.63, 3.8) is 0 Å². The van der Waals surface area contributed by atoms with Crippen molar-refractivity contribution in [1.82, 2.24) is 0 Å². The van der Waals surface area contributed by atoms with Crippen LogP contribution >= 0.6 is 7.92 Å². The Morgan fingerprint density at radius 2 is 1.26 bits per heavy atom. The molecule has 0 aliphatic heterocycles. The number of fused-ring (bicyclic) bond motifs is 1. The van der Waals surface area contributed by atoms with Crippen LogP contribution in [0.1, 0.15) is 95.3 Å². The largest absolute Gasteiger partial charge is 3.00 e. The molecular weight excluding hydrogens is 804 g/mol. The number of benzene rings is 3. The first-order valence-electron chi connectivity index (χ1n) is 18.2. The van der Waals surface area contributed by atoms with E-state index in [1.54, 1.807) is 0 Å². The summed E-state index contributed by atoms with van der Waals surface area (Å²) in [5.74, 6) is 2.87. The van der Waals surface area contributed by atoms with Crippen LogP contribution in [0.25, 0.3) is 5.76 Å². The molecule has 3 aromatic rings. The van der Waals surface area contributed by atoms with Crippen molar-refractivity contribution >= 4 is 24.3 Å². The van der Waals surface area contributed by atoms with E-state index in [-0.39, 0.29) is 41.1 Å². The summed E-state index contributed by atoms with van der Waals surface area (Å²) in [7, 11) is -1.19. The van der Waals surface area contributed by atoms with E-state index in [4.69, 9.17) is 4.74 Å². The Kier molecular flexibility index (Phi) is 17.4. The second kappa shape index (κ2) is 20.9. The smallest absolute Gasteiger partial charge is 0.509 e. The van der Waals surface area contributed by atoms with Gasteiger partial charge in [-0.3, -0.25) is 0 Å². The molecule has 0 heterocycles. The van der Waals surface area contributed by atoms with Gasteiger partial charge in [-0.1, -0.05) is 130 Å². The Balaban J connectivity index is 0.000000545. The Bertz CT molecular complexity index is 1530. The molecule has 266 valence electrons. The Morgan fingerprint density at radius 1 is 0.700 bits per heavy atom. The van der Waals surface area contributed by atoms with Gasteiger partial charge >= 0.3 is 20.1 Å². The fraction of sp³-hybridized carbons (Fsp3) is 0.362. The molecular formula is C47H59IrOP+. The SMILES string of the molecule is C1=CCC/C=C\CC1.CC1CCC(C(C)C)C(OC2=[C-]C3=C(CCC=C3)C([PH+](c3ccccc3)c3ccccc3)c3ccccc32)C1.[CH3-].[CH3-].[Ir+3]. The van der Waals surface area contributed by atoms with E-state index in [2.05, 4.69) is 148 Å². The molecule has 3 heteroatoms. The van der Waals surface area contributed by atoms with Crippen LogP contribution < -0.4 is 10.6 Å². The summed E-state index contributed by atoms with van der Waals surface area (Å²) in [4.78, 5) is 0. The molecule has 1 fully saturated rings. The third kappa shape index (κ3) is 10.4. The molecule has 1 saturated carbocycles. The third-order valence-electron chi connectivity index (χ3n) is 10.3. The van der Waals surface area contributed by atoms with Gasteiger partial charge in [-0.05, 0) is 98.1 Å². The van der Waals surface area contributed by atoms with E-state index in [0.717, 1.165) is 25.0 Å². The van der Waals surface area contributed by atoms with Crippen LogP contribution in [0, 0.1) is 38.7 Å². The van der Waals surface area contributed by atoms with E-state index >= 15 is 0 Å². The maximum atomic E-state index is 7.12. The summed E-state index contributed by atoms with van der Waals surface area (Å²) >= 11 is 0. The molecule has 4 aliphatic rings. The molecule has 4 aliphatic carbocycles. The summed E-state index contributed by atoms with van der Waals surface area (Å²) in [6.07, 6.45) is 28.6. The average Bonchev–Trinajstić information content (AvgIpc) is 3.21. The quantitative estimate of drug-likeness (QED) is 0.136. The molecule has 0 spiro atoms. The first kappa shape index (κ1) is 41.7. The molecule has 0 bridgehead atoms. The van der Waals surface area contributed by atoms with Crippen LogP contribution in [0.3, 0.4) is 0 Å². The molecule has 7 rings (SSSR count). The van der Waals surface area contributed by atoms with E-state index < -0.39 is 7.92 Å². The minimum absolute atomic E-state index is 0. The molecule has 0 radical (unpaired) electrons. The molecule has 0 amide bonds. The molecule has 50 heavy (non-hydrogen) atoms. The fourth-order valence-electron chi connectivity index (χ4n) is 7.85. The van der Waals surface area contributed by atoms with E-state index in [1.165, 1.54) is 71.4 Å². The number of allylic oxidation sites excluding steroid dienone is 9. The summed E-state index contributed by atoms with van der Waals surface area (Å²) in [6.45, 7) is 7.12. The minimum Gasteiger partial charge on any atom is -0.509 e. The predicted octanol–water partition coefficient (Wildman–Crippen LogP) is 12.4. The van der Waals surface area contributed by atoms with Gasteiger partial charge in [0.25, 0.3) is 0 Å². The Morgan fingerprint density at radius 3 is 1.84 bits per heavy atom. The zero-order valence-electron chi connectivity index (χ0n) is 31.0. The number of hydrogen-bond donors (Lipinski definition) is 0. The van der Waals surface area contributed by atoms with Gasteiger partial charge < -0.3 is 19.6 Å². The molecule has 4 atom stereocenters. The van der Waals surface area contributed by atoms with E-state index in [9.17, 15) is 0 Å². The van der Waals surface area contributed by atoms with Crippen LogP contribution in [0.5, 0.6) is 0 Å². The van der Waals surface area contributed by atoms with E-state index in [0.29, 0.717) is 23.4 Å². The first-order chi connectivity index (χ1) is 23.1. The predicted molar refractivity (Wildman–Crippen MR) is 217 cm³/mol. The van der Waals surface area contributed by atoms with Crippen molar-refractivity contribution in [1.29, 1.82) is 0 Å². The molecule has 0 aromatic heterocycles. The van der Waals surface area contributed by atoms with Gasteiger partial charge in [0.15, 0.2) is 0 Å². The van der Waals surface area contributed by atoms with Crippen LogP contribution in [-0.4, -0.2) is 6.10 Å². The summed E-state index contributed by atoms with van der Waals surface area (Å²) in [6, 6.07) is 31.6. The second-order valence-electron chi connectivity index (χ2n) is 14.1. The van der Waals surface area contributed by atoms with Crippen molar-refractivity contribution in [2.75, 3.05) is 0 Å². The van der Waals surface area contributed by atoms with Gasteiger partial charge in [0.1, 0.15) is 0 Å². The average molecular weight is 863 g/mol. The van der Waals surface area contributed by atoms with Crippen LogP contribution in [0.4, 0.5) is 0 Å². The van der Waals surface area contributed by atoms with Crippen LogP contribution in [-0.2, 0) is 24.8 Å². The number of ether oxygens (including phenoxy) is 1. The molecule has 4 unspecified atom stereocenters. The van der Waals surface area contributed by atoms with Crippen LogP contribution in [0.2, 0.25) is 0 Å². The van der Waals surface area contributed by atoms with Crippen molar-refractivity contribution < 1.29 is 24.8 Å². The van der Waals surface area contributed by atoms with Crippen LogP contribution in [0.15, 0.2) is 133 Å². The topological polar surface area (TPSA) is 9.23 Å². The molecule has 0 saturated heterocycles. The zero-order valence-corrected chi connectivity index (χ0v) is 34.4. The monoisotopic (exact) mass is 863 g/mol. The van der Waals surface area contributed by atoms with Gasteiger partial charge in [0.2, 0.25) is 0 Å². The van der Waals surface area contributed by atoms with Crippen molar-refractivity contribution in [3.8, 4) is 0 Å². The number of hydrogen-bond acceptors (Lipinski definition) is 1. The van der Waals surface area contributed by atoms with Gasteiger partial charge in [-0.25, -0.2) is 0 Å². The molecule has 0 N–H and O–H groups in total. The summed E-state index contributed by atoms with van der Waals surface area (Å²) in [5.41, 5.74) is 5.74. The van der Waals surface area contributed by atoms with Gasteiger partial charge in [0, 0.05) is 5.76 Å². The first-order valence-corrected chi connectivity index (χ1v) is 19.7. The van der Waals surface area contributed by atoms with E-state index in [1.807, 2.05) is 0 Å². The van der Waals surface area contributed by atoms with Gasteiger partial charge in [0.05, 0.1) is 30.3 Å². The van der Waals surface area contributed by atoms with Crippen molar-refractivity contribution in [2.45, 2.75) is 90.3 Å². The Labute approximate surface area is 320 Å². The fourth-order valence-corrected chi connectivity index (χ4v) is 11.2. The number of rotatable bonds is 6. The van der Waals surface area contributed by atoms with Crippen molar-refractivity contribution in [3.05, 3.63) is 165 Å². The van der Waals surface area contributed by atoms with Gasteiger partial charge in [-0.2, -0.15) is 0 Å². The maximum Gasteiger partial charge on any atom is 3.00 e. The third-order valence-corrected chi connectivity index (χ3v) is 13.5. The Hall–Kier alpha value is -2.76. The summed E-state index contributed by atoms with van der Waals surface area (Å²) < 4.78 is 7.12. The molecule has 3 aromatic carbocycles. The maximum absolute atomic E-state index is 7.12. The summed E-state index contributed by atoms with van der Waals surface area (Å²) in [5, 5.41) is 2.92. The zero-order chi connectivity index (χ0) is 32.4. The van der Waals surface area contributed by atoms with Crippen molar-refractivity contribution in [2.24, 2.45) is 17.8 Å². The normalized spacial score (nSPS) is 23.1.